The molecule has 25 heavy (non-hydrogen) atoms. The van der Waals surface area contributed by atoms with Gasteiger partial charge in [0.2, 0.25) is 15.9 Å². The van der Waals surface area contributed by atoms with Crippen molar-refractivity contribution in [2.24, 2.45) is 5.73 Å². The van der Waals surface area contributed by atoms with Crippen LogP contribution < -0.4 is 15.8 Å². The fourth-order valence-corrected chi connectivity index (χ4v) is 3.62. The number of nitro benzene ring substituents is 1. The van der Waals surface area contributed by atoms with Crippen molar-refractivity contribution in [3.05, 3.63) is 34.4 Å². The van der Waals surface area contributed by atoms with Gasteiger partial charge in [-0.05, 0) is 18.9 Å². The Labute approximate surface area is 144 Å². The second-order valence-electron chi connectivity index (χ2n) is 5.65. The summed E-state index contributed by atoms with van der Waals surface area (Å²) >= 11 is 0. The zero-order valence-corrected chi connectivity index (χ0v) is 14.3. The second kappa shape index (κ2) is 7.87. The van der Waals surface area contributed by atoms with E-state index in [0.29, 0.717) is 26.1 Å². The van der Waals surface area contributed by atoms with Crippen molar-refractivity contribution in [3.8, 4) is 0 Å². The molecule has 0 atom stereocenters. The molecule has 1 saturated heterocycles. The van der Waals surface area contributed by atoms with Crippen molar-refractivity contribution >= 4 is 21.6 Å². The highest BCUT2D eigenvalue weighted by Crippen LogP contribution is 2.22. The summed E-state index contributed by atoms with van der Waals surface area (Å²) < 4.78 is 31.8. The molecule has 10 nitrogen and oxygen atoms in total. The first-order chi connectivity index (χ1) is 11.8. The van der Waals surface area contributed by atoms with Gasteiger partial charge in [0, 0.05) is 32.4 Å². The molecule has 1 aliphatic rings. The number of carbonyl (C=O) groups excluding carboxylic acids is 1. The molecule has 1 amide bonds. The summed E-state index contributed by atoms with van der Waals surface area (Å²) in [4.78, 5) is 21.8. The lowest BCUT2D eigenvalue weighted by atomic mass is 9.90. The van der Waals surface area contributed by atoms with E-state index in [2.05, 4.69) is 10.0 Å². The van der Waals surface area contributed by atoms with Crippen molar-refractivity contribution in [1.29, 1.82) is 0 Å². The number of amides is 1. The Morgan fingerprint density at radius 3 is 2.56 bits per heavy atom. The lowest BCUT2D eigenvalue weighted by molar-refractivity contribution is -0.387. The molecule has 1 aromatic rings. The molecular formula is C14H20N4O6S. The van der Waals surface area contributed by atoms with Crippen LogP contribution in [0.4, 0.5) is 5.69 Å². The molecule has 138 valence electrons. The van der Waals surface area contributed by atoms with Crippen molar-refractivity contribution in [2.75, 3.05) is 26.3 Å². The highest BCUT2D eigenvalue weighted by Gasteiger charge is 2.35. The van der Waals surface area contributed by atoms with Gasteiger partial charge in [-0.3, -0.25) is 14.9 Å². The molecule has 0 aliphatic carbocycles. The van der Waals surface area contributed by atoms with E-state index in [9.17, 15) is 23.3 Å². The second-order valence-corrected chi connectivity index (χ2v) is 7.38. The topological polar surface area (TPSA) is 154 Å². The highest BCUT2D eigenvalue weighted by atomic mass is 32.2. The third-order valence-electron chi connectivity index (χ3n) is 3.89. The molecule has 0 unspecified atom stereocenters. The molecule has 0 radical (unpaired) electrons. The van der Waals surface area contributed by atoms with E-state index < -0.39 is 31.1 Å². The lowest BCUT2D eigenvalue weighted by Crippen LogP contribution is -2.57. The van der Waals surface area contributed by atoms with E-state index in [-0.39, 0.29) is 19.0 Å². The van der Waals surface area contributed by atoms with Gasteiger partial charge in [-0.15, -0.1) is 0 Å². The average molecular weight is 372 g/mol. The quantitative estimate of drug-likeness (QED) is 0.331. The number of nitrogens with two attached hydrogens (primary N) is 1. The summed E-state index contributed by atoms with van der Waals surface area (Å²) in [5, 5.41) is 13.5. The van der Waals surface area contributed by atoms with Crippen LogP contribution in [0.25, 0.3) is 0 Å². The average Bonchev–Trinajstić information content (AvgIpc) is 2.59. The minimum Gasteiger partial charge on any atom is -0.381 e. The number of hydrogen-bond donors (Lipinski definition) is 3. The molecule has 1 fully saturated rings. The van der Waals surface area contributed by atoms with E-state index in [4.69, 9.17) is 10.5 Å². The van der Waals surface area contributed by atoms with Gasteiger partial charge in [0.05, 0.1) is 10.5 Å². The SMILES string of the molecule is NC1(C(=O)NCCNS(=O)(=O)c2ccccc2[N+](=O)[O-])CCOCC1. The number of hydrogen-bond acceptors (Lipinski definition) is 7. The van der Waals surface area contributed by atoms with Gasteiger partial charge in [-0.2, -0.15) is 0 Å². The Hall–Kier alpha value is -2.08. The van der Waals surface area contributed by atoms with Gasteiger partial charge in [-0.25, -0.2) is 13.1 Å². The third kappa shape index (κ3) is 4.72. The van der Waals surface area contributed by atoms with Gasteiger partial charge in [-0.1, -0.05) is 12.1 Å². The third-order valence-corrected chi connectivity index (χ3v) is 5.40. The minimum absolute atomic E-state index is 0.0124. The summed E-state index contributed by atoms with van der Waals surface area (Å²) in [6.07, 6.45) is 0.779. The predicted octanol–water partition coefficient (Wildman–Crippen LogP) is -0.503. The zero-order valence-electron chi connectivity index (χ0n) is 13.4. The van der Waals surface area contributed by atoms with Crippen molar-refractivity contribution < 1.29 is 22.9 Å². The molecule has 1 aromatic carbocycles. The van der Waals surface area contributed by atoms with E-state index in [1.165, 1.54) is 12.1 Å². The van der Waals surface area contributed by atoms with Crippen LogP contribution >= 0.6 is 0 Å². The largest absolute Gasteiger partial charge is 0.381 e. The maximum absolute atomic E-state index is 12.2. The van der Waals surface area contributed by atoms with Crippen LogP contribution in [0.2, 0.25) is 0 Å². The molecule has 2 rings (SSSR count). The molecule has 4 N–H and O–H groups in total. The summed E-state index contributed by atoms with van der Waals surface area (Å²) in [5.74, 6) is -0.374. The summed E-state index contributed by atoms with van der Waals surface area (Å²) in [7, 11) is -4.07. The first kappa shape index (κ1) is 19.2. The van der Waals surface area contributed by atoms with Crippen molar-refractivity contribution in [1.82, 2.24) is 10.0 Å². The van der Waals surface area contributed by atoms with Crippen LogP contribution in [0.15, 0.2) is 29.2 Å². The van der Waals surface area contributed by atoms with Crippen LogP contribution in [-0.4, -0.2) is 51.1 Å². The Bertz CT molecular complexity index is 745. The van der Waals surface area contributed by atoms with Gasteiger partial charge < -0.3 is 15.8 Å². The fraction of sp³-hybridized carbons (Fsp3) is 0.500. The highest BCUT2D eigenvalue weighted by molar-refractivity contribution is 7.89. The number of nitrogens with one attached hydrogen (secondary N) is 2. The molecule has 1 aliphatic heterocycles. The van der Waals surface area contributed by atoms with Crippen LogP contribution in [0.5, 0.6) is 0 Å². The van der Waals surface area contributed by atoms with Gasteiger partial charge in [0.1, 0.15) is 0 Å². The standard InChI is InChI=1S/C14H20N4O6S/c15-14(5-9-24-10-6-14)13(19)16-7-8-17-25(22,23)12-4-2-1-3-11(12)18(20)21/h1-4,17H,5-10,15H2,(H,16,19). The number of ether oxygens (including phenoxy) is 1. The van der Waals surface area contributed by atoms with Gasteiger partial charge >= 0.3 is 0 Å². The Kier molecular flexibility index (Phi) is 6.06. The van der Waals surface area contributed by atoms with Crippen molar-refractivity contribution in [3.63, 3.8) is 0 Å². The minimum atomic E-state index is -4.07. The molecule has 1 heterocycles. The predicted molar refractivity (Wildman–Crippen MR) is 88.3 cm³/mol. The smallest absolute Gasteiger partial charge is 0.289 e. The summed E-state index contributed by atoms with van der Waals surface area (Å²) in [5.41, 5.74) is 4.48. The van der Waals surface area contributed by atoms with Crippen LogP contribution in [0.3, 0.4) is 0 Å². The van der Waals surface area contributed by atoms with Crippen molar-refractivity contribution in [2.45, 2.75) is 23.3 Å². The van der Waals surface area contributed by atoms with E-state index >= 15 is 0 Å². The van der Waals surface area contributed by atoms with Crippen LogP contribution in [0.1, 0.15) is 12.8 Å². The zero-order chi connectivity index (χ0) is 18.5. The van der Waals surface area contributed by atoms with Gasteiger partial charge in [0.15, 0.2) is 4.90 Å². The maximum Gasteiger partial charge on any atom is 0.289 e. The normalized spacial score (nSPS) is 17.0. The number of carbonyl (C=O) groups is 1. The molecular weight excluding hydrogens is 352 g/mol. The Morgan fingerprint density at radius 1 is 1.28 bits per heavy atom. The van der Waals surface area contributed by atoms with E-state index in [1.54, 1.807) is 0 Å². The Morgan fingerprint density at radius 2 is 1.92 bits per heavy atom. The summed E-state index contributed by atoms with van der Waals surface area (Å²) in [6.45, 7) is 0.688. The molecule has 0 bridgehead atoms. The first-order valence-corrected chi connectivity index (χ1v) is 9.13. The van der Waals surface area contributed by atoms with Crippen LogP contribution in [-0.2, 0) is 19.6 Å². The van der Waals surface area contributed by atoms with Gasteiger partial charge in [0.25, 0.3) is 5.69 Å². The molecule has 0 spiro atoms. The first-order valence-electron chi connectivity index (χ1n) is 7.64. The number of nitro groups is 1. The number of para-hydroxylation sites is 1. The van der Waals surface area contributed by atoms with E-state index in [1.807, 2.05) is 0 Å². The summed E-state index contributed by atoms with van der Waals surface area (Å²) in [6, 6.07) is 5.04. The molecule has 0 aromatic heterocycles. The molecule has 11 heteroatoms. The number of sulfonamides is 1. The number of rotatable bonds is 7. The Balaban J connectivity index is 1.91. The van der Waals surface area contributed by atoms with E-state index in [0.717, 1.165) is 12.1 Å². The number of benzene rings is 1. The van der Waals surface area contributed by atoms with Crippen LogP contribution in [0, 0.1) is 10.1 Å². The maximum atomic E-state index is 12.2. The number of nitrogens with zero attached hydrogens (tertiary/aromatic N) is 1. The lowest BCUT2D eigenvalue weighted by Gasteiger charge is -2.31. The monoisotopic (exact) mass is 372 g/mol. The fourth-order valence-electron chi connectivity index (χ4n) is 2.41. The molecule has 0 saturated carbocycles.